The Balaban J connectivity index is 2.97. The largest absolute Gasteiger partial charge is 0.478 e. The number of carbonyl (C=O) groups is 2. The number of carbonyl (C=O) groups excluding carboxylic acids is 1. The summed E-state index contributed by atoms with van der Waals surface area (Å²) in [6, 6.07) is 9.05. The van der Waals surface area contributed by atoms with Gasteiger partial charge in [0, 0.05) is 6.42 Å². The average Bonchev–Trinajstić information content (AvgIpc) is 2.56. The Hall–Kier alpha value is -2.47. The quantitative estimate of drug-likeness (QED) is 0.838. The minimum absolute atomic E-state index is 0.0140. The van der Waals surface area contributed by atoms with Crippen LogP contribution in [-0.4, -0.2) is 25.3 Å². The van der Waals surface area contributed by atoms with Crippen LogP contribution in [0.2, 0.25) is 0 Å². The molecule has 126 valence electrons. The van der Waals surface area contributed by atoms with Gasteiger partial charge in [-0.2, -0.15) is 0 Å². The van der Waals surface area contributed by atoms with Gasteiger partial charge in [0.1, 0.15) is 0 Å². The number of ketones is 1. The number of sulfone groups is 1. The molecule has 2 rings (SSSR count). The maximum absolute atomic E-state index is 13.1. The molecule has 0 fully saturated rings. The summed E-state index contributed by atoms with van der Waals surface area (Å²) in [5.41, 5.74) is 0.381. The highest BCUT2D eigenvalue weighted by Crippen LogP contribution is 2.32. The molecule has 0 spiro atoms. The lowest BCUT2D eigenvalue weighted by Crippen LogP contribution is -2.17. The molecular formula is C18H18O5S. The van der Waals surface area contributed by atoms with Gasteiger partial charge in [0.25, 0.3) is 0 Å². The van der Waals surface area contributed by atoms with Crippen LogP contribution in [0.25, 0.3) is 0 Å². The van der Waals surface area contributed by atoms with Gasteiger partial charge in [-0.1, -0.05) is 25.1 Å². The summed E-state index contributed by atoms with van der Waals surface area (Å²) in [5, 5.41) is 9.44. The average molecular weight is 346 g/mol. The van der Waals surface area contributed by atoms with Gasteiger partial charge in [-0.25, -0.2) is 13.2 Å². The minimum Gasteiger partial charge on any atom is -0.478 e. The van der Waals surface area contributed by atoms with Crippen molar-refractivity contribution in [1.82, 2.24) is 0 Å². The van der Waals surface area contributed by atoms with Crippen molar-refractivity contribution in [1.29, 1.82) is 0 Å². The molecule has 0 aliphatic heterocycles. The van der Waals surface area contributed by atoms with Gasteiger partial charge in [-0.05, 0) is 43.2 Å². The van der Waals surface area contributed by atoms with Crippen LogP contribution in [-0.2, 0) is 9.84 Å². The van der Waals surface area contributed by atoms with Crippen molar-refractivity contribution in [2.45, 2.75) is 37.0 Å². The summed E-state index contributed by atoms with van der Waals surface area (Å²) in [6.45, 7) is 4.79. The monoisotopic (exact) mass is 346 g/mol. The first-order chi connectivity index (χ1) is 11.2. The Morgan fingerprint density at radius 1 is 1.08 bits per heavy atom. The van der Waals surface area contributed by atoms with Crippen molar-refractivity contribution < 1.29 is 23.1 Å². The summed E-state index contributed by atoms with van der Waals surface area (Å²) >= 11 is 0. The number of carboxylic acid groups (broad SMARTS) is 1. The van der Waals surface area contributed by atoms with Gasteiger partial charge in [0.2, 0.25) is 9.84 Å². The van der Waals surface area contributed by atoms with Crippen molar-refractivity contribution in [2.75, 3.05) is 0 Å². The molecule has 0 saturated heterocycles. The Morgan fingerprint density at radius 3 is 2.17 bits per heavy atom. The zero-order valence-electron chi connectivity index (χ0n) is 13.7. The summed E-state index contributed by atoms with van der Waals surface area (Å²) in [6.07, 6.45) is 0.0140. The number of rotatable bonds is 5. The van der Waals surface area contributed by atoms with Gasteiger partial charge < -0.3 is 5.11 Å². The number of aryl methyl sites for hydroxylation is 1. The van der Waals surface area contributed by atoms with E-state index >= 15 is 0 Å². The Kier molecular flexibility index (Phi) is 4.89. The summed E-state index contributed by atoms with van der Waals surface area (Å²) in [7, 11) is -4.02. The summed E-state index contributed by atoms with van der Waals surface area (Å²) in [5.74, 6) is -1.83. The van der Waals surface area contributed by atoms with Crippen LogP contribution in [0.1, 0.15) is 45.2 Å². The minimum atomic E-state index is -4.02. The molecule has 0 aliphatic rings. The third kappa shape index (κ3) is 2.97. The van der Waals surface area contributed by atoms with Crippen LogP contribution in [0.5, 0.6) is 0 Å². The maximum Gasteiger partial charge on any atom is 0.336 e. The van der Waals surface area contributed by atoms with Gasteiger partial charge >= 0.3 is 5.97 Å². The summed E-state index contributed by atoms with van der Waals surface area (Å²) in [4.78, 5) is 23.8. The standard InChI is InChI=1S/C18H18O5S/c1-4-15(19)16-14(18(20)21)10-11(2)12(3)17(16)24(22,23)13-8-6-5-7-9-13/h5-10H,4H2,1-3H3,(H,20,21). The van der Waals surface area contributed by atoms with Gasteiger partial charge in [-0.3, -0.25) is 4.79 Å². The highest BCUT2D eigenvalue weighted by molar-refractivity contribution is 7.91. The van der Waals surface area contributed by atoms with Crippen molar-refractivity contribution >= 4 is 21.6 Å². The molecule has 0 saturated carbocycles. The van der Waals surface area contributed by atoms with Gasteiger partial charge in [-0.15, -0.1) is 0 Å². The Labute approximate surface area is 140 Å². The van der Waals surface area contributed by atoms with Crippen molar-refractivity contribution in [2.24, 2.45) is 0 Å². The van der Waals surface area contributed by atoms with E-state index in [1.165, 1.54) is 18.2 Å². The molecule has 24 heavy (non-hydrogen) atoms. The molecule has 0 heterocycles. The van der Waals surface area contributed by atoms with Crippen molar-refractivity contribution in [3.8, 4) is 0 Å². The SMILES string of the molecule is CCC(=O)c1c(C(=O)O)cc(C)c(C)c1S(=O)(=O)c1ccccc1. The normalized spacial score (nSPS) is 11.3. The smallest absolute Gasteiger partial charge is 0.336 e. The highest BCUT2D eigenvalue weighted by Gasteiger charge is 2.31. The Bertz CT molecular complexity index is 912. The second-order valence-corrected chi connectivity index (χ2v) is 7.36. The van der Waals surface area contributed by atoms with Crippen LogP contribution in [0.3, 0.4) is 0 Å². The third-order valence-electron chi connectivity index (χ3n) is 3.94. The fraction of sp³-hybridized carbons (Fsp3) is 0.222. The lowest BCUT2D eigenvalue weighted by Gasteiger charge is -2.17. The van der Waals surface area contributed by atoms with E-state index in [4.69, 9.17) is 0 Å². The first-order valence-corrected chi connectivity index (χ1v) is 8.91. The molecule has 2 aromatic rings. The summed E-state index contributed by atoms with van der Waals surface area (Å²) < 4.78 is 26.2. The molecule has 0 radical (unpaired) electrons. The van der Waals surface area contributed by atoms with Gasteiger partial charge in [0.05, 0.1) is 20.9 Å². The first-order valence-electron chi connectivity index (χ1n) is 7.42. The van der Waals surface area contributed by atoms with Crippen LogP contribution in [0.15, 0.2) is 46.2 Å². The molecule has 0 bridgehead atoms. The zero-order chi connectivity index (χ0) is 18.1. The lowest BCUT2D eigenvalue weighted by molar-refractivity contribution is 0.0691. The fourth-order valence-electron chi connectivity index (χ4n) is 2.56. The number of hydrogen-bond acceptors (Lipinski definition) is 4. The van der Waals surface area contributed by atoms with Crippen LogP contribution in [0, 0.1) is 13.8 Å². The number of benzene rings is 2. The first kappa shape index (κ1) is 17.9. The second kappa shape index (κ2) is 6.57. The lowest BCUT2D eigenvalue weighted by atomic mass is 9.96. The molecule has 0 unspecified atom stereocenters. The number of aromatic carboxylic acids is 1. The van der Waals surface area contributed by atoms with E-state index in [0.29, 0.717) is 11.1 Å². The predicted octanol–water partition coefficient (Wildman–Crippen LogP) is 3.43. The number of hydrogen-bond donors (Lipinski definition) is 1. The van der Waals surface area contributed by atoms with E-state index in [2.05, 4.69) is 0 Å². The molecule has 5 nitrogen and oxygen atoms in total. The second-order valence-electron chi connectivity index (χ2n) is 5.47. The molecule has 0 atom stereocenters. The molecule has 6 heteroatoms. The topological polar surface area (TPSA) is 88.5 Å². The number of carboxylic acids is 1. The molecule has 2 aromatic carbocycles. The van der Waals surface area contributed by atoms with Crippen LogP contribution < -0.4 is 0 Å². The van der Waals surface area contributed by atoms with E-state index in [9.17, 15) is 23.1 Å². The molecular weight excluding hydrogens is 328 g/mol. The molecule has 0 aromatic heterocycles. The van der Waals surface area contributed by atoms with Crippen LogP contribution >= 0.6 is 0 Å². The van der Waals surface area contributed by atoms with Crippen LogP contribution in [0.4, 0.5) is 0 Å². The van der Waals surface area contributed by atoms with E-state index in [-0.39, 0.29) is 27.3 Å². The van der Waals surface area contributed by atoms with Crippen molar-refractivity contribution in [3.05, 3.63) is 58.7 Å². The van der Waals surface area contributed by atoms with Gasteiger partial charge in [0.15, 0.2) is 5.78 Å². The molecule has 0 aliphatic carbocycles. The number of Topliss-reactive ketones (excluding diaryl/α,β-unsaturated/α-hetero) is 1. The van der Waals surface area contributed by atoms with Crippen molar-refractivity contribution in [3.63, 3.8) is 0 Å². The molecule has 1 N–H and O–H groups in total. The van der Waals surface area contributed by atoms with E-state index in [0.717, 1.165) is 0 Å². The maximum atomic E-state index is 13.1. The predicted molar refractivity (Wildman–Crippen MR) is 89.4 cm³/mol. The zero-order valence-corrected chi connectivity index (χ0v) is 14.5. The highest BCUT2D eigenvalue weighted by atomic mass is 32.2. The third-order valence-corrected chi connectivity index (χ3v) is 5.88. The van der Waals surface area contributed by atoms with E-state index in [1.54, 1.807) is 39.0 Å². The fourth-order valence-corrected chi connectivity index (χ4v) is 4.37. The van der Waals surface area contributed by atoms with E-state index in [1.807, 2.05) is 0 Å². The Morgan fingerprint density at radius 2 is 1.67 bits per heavy atom. The van der Waals surface area contributed by atoms with E-state index < -0.39 is 21.6 Å². The molecule has 0 amide bonds.